The van der Waals surface area contributed by atoms with Gasteiger partial charge in [0.25, 0.3) is 6.01 Å². The first-order valence-electron chi connectivity index (χ1n) is 17.6. The van der Waals surface area contributed by atoms with Crippen LogP contribution in [0.4, 0.5) is 10.5 Å². The number of hydrogen-bond acceptors (Lipinski definition) is 9. The molecule has 13 nitrogen and oxygen atoms in total. The zero-order chi connectivity index (χ0) is 37.9. The standard InChI is InChI=1S/C38H45Cl2N7O6/c1-38(2,3)53-37(50)46-18-15-26(22-46)45-17-14-24(20-45)35(49)42-19-32(48)44(4)29-13-12-28(39)27(33(29)40)23-52-31-11-8-10-30-34(31)43-36(51-5)47(30)21-25-9-6-7-16-41-25/h6-13,16,24,26H,14-15,17-23H2,1-5H3,(H,42,49). The molecule has 2 aromatic heterocycles. The molecule has 15 heteroatoms. The van der Waals surface area contributed by atoms with Crippen LogP contribution >= 0.6 is 23.2 Å². The van der Waals surface area contributed by atoms with Gasteiger partial charge in [0.2, 0.25) is 11.8 Å². The van der Waals surface area contributed by atoms with Gasteiger partial charge in [-0.25, -0.2) is 4.79 Å². The molecule has 2 unspecified atom stereocenters. The van der Waals surface area contributed by atoms with Gasteiger partial charge in [0.15, 0.2) is 0 Å². The molecular formula is C38H45Cl2N7O6. The van der Waals surface area contributed by atoms with E-state index in [2.05, 4.69) is 20.2 Å². The fraction of sp³-hybridized carbons (Fsp3) is 0.447. The summed E-state index contributed by atoms with van der Waals surface area (Å²) in [5, 5.41) is 3.45. The number of aromatic nitrogens is 3. The Morgan fingerprint density at radius 2 is 1.83 bits per heavy atom. The molecule has 2 aromatic carbocycles. The number of benzene rings is 2. The molecule has 6 rings (SSSR count). The number of para-hydroxylation sites is 1. The van der Waals surface area contributed by atoms with Crippen LogP contribution in [0.1, 0.15) is 44.9 Å². The van der Waals surface area contributed by atoms with Crippen LogP contribution in [0.5, 0.6) is 11.8 Å². The number of likely N-dealkylation sites (N-methyl/N-ethyl adjacent to an activating group) is 1. The van der Waals surface area contributed by atoms with Gasteiger partial charge < -0.3 is 29.3 Å². The van der Waals surface area contributed by atoms with Gasteiger partial charge >= 0.3 is 6.09 Å². The molecular weight excluding hydrogens is 721 g/mol. The second-order valence-corrected chi connectivity index (χ2v) is 15.1. The number of fused-ring (bicyclic) bond motifs is 1. The monoisotopic (exact) mass is 765 g/mol. The van der Waals surface area contributed by atoms with Gasteiger partial charge in [-0.15, -0.1) is 0 Å². The summed E-state index contributed by atoms with van der Waals surface area (Å²) in [6.07, 6.45) is 2.93. The number of rotatable bonds is 11. The summed E-state index contributed by atoms with van der Waals surface area (Å²) in [5.74, 6) is -0.273. The van der Waals surface area contributed by atoms with Gasteiger partial charge in [0.05, 0.1) is 48.0 Å². The van der Waals surface area contributed by atoms with E-state index in [1.807, 2.05) is 55.7 Å². The van der Waals surface area contributed by atoms with E-state index in [1.54, 1.807) is 43.5 Å². The summed E-state index contributed by atoms with van der Waals surface area (Å²) >= 11 is 13.4. The molecule has 0 radical (unpaired) electrons. The fourth-order valence-corrected chi connectivity index (χ4v) is 7.34. The number of anilines is 1. The minimum Gasteiger partial charge on any atom is -0.486 e. The van der Waals surface area contributed by atoms with E-state index in [-0.39, 0.29) is 48.0 Å². The molecule has 2 atom stereocenters. The Morgan fingerprint density at radius 1 is 1.02 bits per heavy atom. The molecule has 3 amide bonds. The number of hydrogen-bond donors (Lipinski definition) is 1. The van der Waals surface area contributed by atoms with E-state index in [9.17, 15) is 14.4 Å². The lowest BCUT2D eigenvalue weighted by molar-refractivity contribution is -0.127. The summed E-state index contributed by atoms with van der Waals surface area (Å²) in [6.45, 7) is 8.34. The first kappa shape index (κ1) is 38.1. The fourth-order valence-electron chi connectivity index (χ4n) is 6.73. The highest BCUT2D eigenvalue weighted by atomic mass is 35.5. The van der Waals surface area contributed by atoms with E-state index < -0.39 is 5.60 Å². The third-order valence-electron chi connectivity index (χ3n) is 9.54. The van der Waals surface area contributed by atoms with Crippen molar-refractivity contribution in [1.82, 2.24) is 29.7 Å². The van der Waals surface area contributed by atoms with Crippen molar-refractivity contribution in [1.29, 1.82) is 0 Å². The van der Waals surface area contributed by atoms with Crippen molar-refractivity contribution in [2.24, 2.45) is 5.92 Å². The summed E-state index contributed by atoms with van der Waals surface area (Å²) in [7, 11) is 3.16. The number of halogens is 2. The first-order valence-corrected chi connectivity index (χ1v) is 18.4. The highest BCUT2D eigenvalue weighted by Crippen LogP contribution is 2.36. The van der Waals surface area contributed by atoms with E-state index >= 15 is 0 Å². The van der Waals surface area contributed by atoms with E-state index in [1.165, 1.54) is 4.90 Å². The molecule has 0 spiro atoms. The Balaban J connectivity index is 1.05. The maximum absolute atomic E-state index is 13.3. The maximum Gasteiger partial charge on any atom is 0.410 e. The molecule has 0 saturated carbocycles. The van der Waals surface area contributed by atoms with Crippen LogP contribution in [0.2, 0.25) is 10.0 Å². The molecule has 0 bridgehead atoms. The van der Waals surface area contributed by atoms with Gasteiger partial charge in [-0.3, -0.25) is 24.0 Å². The molecule has 2 fully saturated rings. The lowest BCUT2D eigenvalue weighted by atomic mass is 10.1. The second kappa shape index (κ2) is 16.2. The van der Waals surface area contributed by atoms with E-state index in [4.69, 9.17) is 37.4 Å². The largest absolute Gasteiger partial charge is 0.486 e. The Bertz CT molecular complexity index is 1970. The van der Waals surface area contributed by atoms with Crippen molar-refractivity contribution < 1.29 is 28.6 Å². The SMILES string of the molecule is COc1nc2c(OCc3c(Cl)ccc(N(C)C(=O)CNC(=O)C4CCN(C5CCN(C(=O)OC(C)(C)C)C5)C4)c3Cl)cccc2n1Cc1ccccn1. The molecule has 282 valence electrons. The number of likely N-dealkylation sites (tertiary alicyclic amines) is 2. The minimum absolute atomic E-state index is 0.00745. The van der Waals surface area contributed by atoms with Gasteiger partial charge in [0.1, 0.15) is 23.5 Å². The van der Waals surface area contributed by atoms with Crippen LogP contribution in [-0.4, -0.2) is 101 Å². The molecule has 2 aliphatic rings. The molecule has 2 saturated heterocycles. The third-order valence-corrected chi connectivity index (χ3v) is 10.3. The second-order valence-electron chi connectivity index (χ2n) is 14.3. The average molecular weight is 767 g/mol. The van der Waals surface area contributed by atoms with Gasteiger partial charge in [-0.2, -0.15) is 4.98 Å². The highest BCUT2D eigenvalue weighted by molar-refractivity contribution is 6.38. The lowest BCUT2D eigenvalue weighted by Gasteiger charge is -2.26. The Labute approximate surface area is 319 Å². The van der Waals surface area contributed by atoms with Crippen LogP contribution in [0.25, 0.3) is 11.0 Å². The number of ether oxygens (including phenoxy) is 3. The van der Waals surface area contributed by atoms with Crippen molar-refractivity contribution in [2.75, 3.05) is 51.8 Å². The Kier molecular flexibility index (Phi) is 11.7. The third kappa shape index (κ3) is 8.80. The topological polar surface area (TPSA) is 131 Å². The first-order chi connectivity index (χ1) is 25.3. The van der Waals surface area contributed by atoms with Gasteiger partial charge in [0, 0.05) is 49.5 Å². The number of carbonyl (C=O) groups excluding carboxylic acids is 3. The van der Waals surface area contributed by atoms with Crippen molar-refractivity contribution in [3.05, 3.63) is 76.0 Å². The predicted molar refractivity (Wildman–Crippen MR) is 203 cm³/mol. The molecule has 53 heavy (non-hydrogen) atoms. The quantitative estimate of drug-likeness (QED) is 0.202. The Hall–Kier alpha value is -4.59. The van der Waals surface area contributed by atoms with Crippen LogP contribution in [0.3, 0.4) is 0 Å². The van der Waals surface area contributed by atoms with Crippen LogP contribution in [-0.2, 0) is 27.5 Å². The van der Waals surface area contributed by atoms with Crippen LogP contribution in [0, 0.1) is 5.92 Å². The highest BCUT2D eigenvalue weighted by Gasteiger charge is 2.38. The number of nitrogens with one attached hydrogen (secondary N) is 1. The normalized spacial score (nSPS) is 17.6. The summed E-state index contributed by atoms with van der Waals surface area (Å²) in [4.78, 5) is 53.4. The van der Waals surface area contributed by atoms with Gasteiger partial charge in [-0.1, -0.05) is 35.3 Å². The molecule has 0 aliphatic carbocycles. The van der Waals surface area contributed by atoms with Crippen LogP contribution < -0.4 is 19.7 Å². The van der Waals surface area contributed by atoms with Crippen molar-refractivity contribution in [3.63, 3.8) is 0 Å². The van der Waals surface area contributed by atoms with Crippen LogP contribution in [0.15, 0.2) is 54.7 Å². The summed E-state index contributed by atoms with van der Waals surface area (Å²) in [6, 6.07) is 15.2. The predicted octanol–water partition coefficient (Wildman–Crippen LogP) is 5.78. The lowest BCUT2D eigenvalue weighted by Crippen LogP contribution is -2.42. The van der Waals surface area contributed by atoms with Crippen molar-refractivity contribution >= 4 is 57.8 Å². The van der Waals surface area contributed by atoms with Crippen molar-refractivity contribution in [2.45, 2.75) is 58.4 Å². The number of pyridine rings is 1. The average Bonchev–Trinajstić information content (AvgIpc) is 3.90. The maximum atomic E-state index is 13.3. The zero-order valence-corrected chi connectivity index (χ0v) is 32.1. The van der Waals surface area contributed by atoms with Gasteiger partial charge in [-0.05, 0) is 76.6 Å². The Morgan fingerprint density at radius 3 is 2.57 bits per heavy atom. The molecule has 2 aliphatic heterocycles. The smallest absolute Gasteiger partial charge is 0.410 e. The molecule has 4 heterocycles. The summed E-state index contributed by atoms with van der Waals surface area (Å²) < 4.78 is 19.3. The van der Waals surface area contributed by atoms with E-state index in [0.717, 1.165) is 24.2 Å². The number of amides is 3. The number of nitrogens with zero attached hydrogens (tertiary/aromatic N) is 6. The minimum atomic E-state index is -0.550. The molecule has 4 aromatic rings. The zero-order valence-electron chi connectivity index (χ0n) is 30.6. The number of imidazole rings is 1. The van der Waals surface area contributed by atoms with Crippen molar-refractivity contribution in [3.8, 4) is 11.8 Å². The number of methoxy groups -OCH3 is 1. The number of carbonyl (C=O) groups is 3. The molecule has 1 N–H and O–H groups in total. The summed E-state index contributed by atoms with van der Waals surface area (Å²) in [5.41, 5.74) is 2.63. The van der Waals surface area contributed by atoms with E-state index in [0.29, 0.717) is 66.1 Å².